The van der Waals surface area contributed by atoms with E-state index in [9.17, 15) is 13.6 Å². The molecule has 3 atom stereocenters. The highest BCUT2D eigenvalue weighted by Gasteiger charge is 2.40. The number of ether oxygens (including phenoxy) is 1. The summed E-state index contributed by atoms with van der Waals surface area (Å²) < 4.78 is 35.1. The number of amides is 1. The predicted molar refractivity (Wildman–Crippen MR) is 115 cm³/mol. The smallest absolute Gasteiger partial charge is 0.279 e. The first-order valence-corrected chi connectivity index (χ1v) is 11.3. The molecule has 162 valence electrons. The van der Waals surface area contributed by atoms with Gasteiger partial charge in [-0.05, 0) is 43.9 Å². The third-order valence-corrected chi connectivity index (χ3v) is 7.12. The molecule has 8 heteroatoms. The van der Waals surface area contributed by atoms with Crippen LogP contribution in [0.15, 0.2) is 36.4 Å². The van der Waals surface area contributed by atoms with Crippen molar-refractivity contribution in [1.29, 1.82) is 0 Å². The van der Waals surface area contributed by atoms with E-state index in [4.69, 9.17) is 4.74 Å². The number of thiazole rings is 1. The number of nitrogens with zero attached hydrogens (tertiary/aromatic N) is 2. The SMILES string of the molecule is CC(=O)NC1C[C@H]2CC[C@@H](C1)N2Cc1ccc(Oc2nc3c(F)cccc3s2)cc1F. The standard InChI is InChI=1S/C23H23F2N3O2S/c1-13(29)26-15-9-16-6-7-17(10-15)28(16)12-14-5-8-18(11-20(14)25)30-23-27-22-19(24)3-2-4-21(22)31-23/h2-5,8,11,15-17H,6-7,9-10,12H2,1H3,(H,26,29)/t15?,16-,17+. The van der Waals surface area contributed by atoms with Gasteiger partial charge in [0.05, 0.1) is 4.70 Å². The molecule has 5 rings (SSSR count). The molecule has 0 radical (unpaired) electrons. The first-order valence-electron chi connectivity index (χ1n) is 10.5. The molecule has 3 heterocycles. The maximum absolute atomic E-state index is 14.9. The van der Waals surface area contributed by atoms with Gasteiger partial charge in [0.2, 0.25) is 5.91 Å². The number of hydrogen-bond donors (Lipinski definition) is 1. The Bertz CT molecular complexity index is 1120. The van der Waals surface area contributed by atoms with Gasteiger partial charge in [-0.25, -0.2) is 8.78 Å². The van der Waals surface area contributed by atoms with Crippen molar-refractivity contribution in [3.63, 3.8) is 0 Å². The number of carbonyl (C=O) groups excluding carboxylic acids is 1. The summed E-state index contributed by atoms with van der Waals surface area (Å²) in [5.74, 6) is -0.376. The molecule has 1 unspecified atom stereocenters. The Labute approximate surface area is 183 Å². The zero-order valence-corrected chi connectivity index (χ0v) is 17.9. The van der Waals surface area contributed by atoms with Crippen molar-refractivity contribution < 1.29 is 18.3 Å². The Kier molecular flexibility index (Phi) is 5.35. The molecule has 31 heavy (non-hydrogen) atoms. The molecule has 2 aliphatic heterocycles. The molecule has 1 amide bonds. The topological polar surface area (TPSA) is 54.5 Å². The van der Waals surface area contributed by atoms with Gasteiger partial charge in [-0.3, -0.25) is 9.69 Å². The first-order chi connectivity index (χ1) is 15.0. The Morgan fingerprint density at radius 3 is 2.65 bits per heavy atom. The molecule has 1 N–H and O–H groups in total. The fourth-order valence-corrected chi connectivity index (χ4v) is 5.74. The second-order valence-electron chi connectivity index (χ2n) is 8.35. The normalized spacial score (nSPS) is 23.3. The van der Waals surface area contributed by atoms with E-state index in [1.54, 1.807) is 31.2 Å². The van der Waals surface area contributed by atoms with Crippen LogP contribution in [0.1, 0.15) is 38.2 Å². The average molecular weight is 444 g/mol. The van der Waals surface area contributed by atoms with Crippen molar-refractivity contribution in [3.8, 4) is 10.9 Å². The molecule has 0 aliphatic carbocycles. The molecule has 2 bridgehead atoms. The van der Waals surface area contributed by atoms with E-state index in [2.05, 4.69) is 15.2 Å². The van der Waals surface area contributed by atoms with Gasteiger partial charge < -0.3 is 10.1 Å². The summed E-state index contributed by atoms with van der Waals surface area (Å²) in [5, 5.41) is 3.32. The monoisotopic (exact) mass is 443 g/mol. The Morgan fingerprint density at radius 2 is 1.97 bits per heavy atom. The molecular formula is C23H23F2N3O2S. The minimum absolute atomic E-state index is 0.00958. The van der Waals surface area contributed by atoms with Crippen molar-refractivity contribution in [2.45, 2.75) is 57.3 Å². The molecule has 1 aromatic heterocycles. The number of nitrogens with one attached hydrogen (secondary N) is 1. The number of hydrogen-bond acceptors (Lipinski definition) is 5. The molecule has 2 saturated heterocycles. The zero-order chi connectivity index (χ0) is 21.5. The molecule has 2 aromatic carbocycles. The first kappa shape index (κ1) is 20.3. The summed E-state index contributed by atoms with van der Waals surface area (Å²) in [4.78, 5) is 17.9. The highest BCUT2D eigenvalue weighted by molar-refractivity contribution is 7.20. The van der Waals surface area contributed by atoms with Crippen LogP contribution >= 0.6 is 11.3 Å². The minimum atomic E-state index is -0.401. The maximum atomic E-state index is 14.9. The van der Waals surface area contributed by atoms with Gasteiger partial charge in [0.15, 0.2) is 0 Å². The van der Waals surface area contributed by atoms with Gasteiger partial charge >= 0.3 is 0 Å². The average Bonchev–Trinajstić information content (AvgIpc) is 3.22. The van der Waals surface area contributed by atoms with E-state index < -0.39 is 5.82 Å². The predicted octanol–water partition coefficient (Wildman–Crippen LogP) is 5.00. The Balaban J connectivity index is 1.28. The largest absolute Gasteiger partial charge is 0.431 e. The number of halogens is 2. The van der Waals surface area contributed by atoms with Crippen LogP contribution in [-0.2, 0) is 11.3 Å². The van der Waals surface area contributed by atoms with Crippen LogP contribution in [0.3, 0.4) is 0 Å². The number of fused-ring (bicyclic) bond motifs is 3. The lowest BCUT2D eigenvalue weighted by molar-refractivity contribution is -0.120. The molecule has 3 aromatic rings. The van der Waals surface area contributed by atoms with E-state index in [-0.39, 0.29) is 28.5 Å². The van der Waals surface area contributed by atoms with E-state index >= 15 is 0 Å². The summed E-state index contributed by atoms with van der Waals surface area (Å²) in [5.41, 5.74) is 0.885. The van der Waals surface area contributed by atoms with Crippen molar-refractivity contribution in [3.05, 3.63) is 53.6 Å². The fraction of sp³-hybridized carbons (Fsp3) is 0.391. The molecule has 0 saturated carbocycles. The number of rotatable bonds is 5. The number of piperidine rings is 1. The van der Waals surface area contributed by atoms with Gasteiger partial charge in [0.1, 0.15) is 22.9 Å². The number of carbonyl (C=O) groups is 1. The maximum Gasteiger partial charge on any atom is 0.279 e. The number of para-hydroxylation sites is 1. The quantitative estimate of drug-likeness (QED) is 0.603. The van der Waals surface area contributed by atoms with Crippen LogP contribution in [-0.4, -0.2) is 33.9 Å². The van der Waals surface area contributed by atoms with Crippen molar-refractivity contribution in [2.75, 3.05) is 0 Å². The summed E-state index contributed by atoms with van der Waals surface area (Å²) in [6.07, 6.45) is 3.98. The van der Waals surface area contributed by atoms with E-state index in [1.165, 1.54) is 23.5 Å². The molecule has 0 spiro atoms. The molecule has 2 aliphatic rings. The van der Waals surface area contributed by atoms with Crippen molar-refractivity contribution >= 4 is 27.5 Å². The Hall–Kier alpha value is -2.58. The highest BCUT2D eigenvalue weighted by atomic mass is 32.1. The lowest BCUT2D eigenvalue weighted by atomic mass is 9.96. The van der Waals surface area contributed by atoms with E-state index in [0.29, 0.717) is 34.6 Å². The lowest BCUT2D eigenvalue weighted by Gasteiger charge is -2.39. The second kappa shape index (κ2) is 8.16. The van der Waals surface area contributed by atoms with Crippen molar-refractivity contribution in [1.82, 2.24) is 15.2 Å². The van der Waals surface area contributed by atoms with Crippen LogP contribution in [0.4, 0.5) is 8.78 Å². The summed E-state index contributed by atoms with van der Waals surface area (Å²) >= 11 is 1.22. The van der Waals surface area contributed by atoms with Crippen LogP contribution in [0, 0.1) is 11.6 Å². The number of benzene rings is 2. The van der Waals surface area contributed by atoms with Crippen LogP contribution in [0.5, 0.6) is 10.9 Å². The highest BCUT2D eigenvalue weighted by Crippen LogP contribution is 2.38. The van der Waals surface area contributed by atoms with Gasteiger partial charge in [-0.2, -0.15) is 4.98 Å². The van der Waals surface area contributed by atoms with Gasteiger partial charge in [-0.1, -0.05) is 23.5 Å². The molecular weight excluding hydrogens is 420 g/mol. The van der Waals surface area contributed by atoms with Crippen LogP contribution < -0.4 is 10.1 Å². The third kappa shape index (κ3) is 4.14. The van der Waals surface area contributed by atoms with Gasteiger partial charge in [0.25, 0.3) is 5.19 Å². The second-order valence-corrected chi connectivity index (χ2v) is 9.34. The van der Waals surface area contributed by atoms with Crippen molar-refractivity contribution in [2.24, 2.45) is 0 Å². The molecule has 2 fully saturated rings. The number of aromatic nitrogens is 1. The molecule has 5 nitrogen and oxygen atoms in total. The minimum Gasteiger partial charge on any atom is -0.431 e. The fourth-order valence-electron chi connectivity index (χ4n) is 4.89. The lowest BCUT2D eigenvalue weighted by Crippen LogP contribution is -2.49. The summed E-state index contributed by atoms with van der Waals surface area (Å²) in [7, 11) is 0. The Morgan fingerprint density at radius 1 is 1.19 bits per heavy atom. The van der Waals surface area contributed by atoms with Gasteiger partial charge in [-0.15, -0.1) is 0 Å². The van der Waals surface area contributed by atoms with Gasteiger partial charge in [0, 0.05) is 43.2 Å². The summed E-state index contributed by atoms with van der Waals surface area (Å²) in [6.45, 7) is 2.10. The third-order valence-electron chi connectivity index (χ3n) is 6.22. The summed E-state index contributed by atoms with van der Waals surface area (Å²) in [6, 6.07) is 10.5. The van der Waals surface area contributed by atoms with Crippen LogP contribution in [0.25, 0.3) is 10.2 Å². The van der Waals surface area contributed by atoms with E-state index in [0.717, 1.165) is 25.7 Å². The van der Waals surface area contributed by atoms with Crippen LogP contribution in [0.2, 0.25) is 0 Å². The van der Waals surface area contributed by atoms with E-state index in [1.807, 2.05) is 0 Å². The zero-order valence-electron chi connectivity index (χ0n) is 17.1.